The van der Waals surface area contributed by atoms with E-state index < -0.39 is 0 Å². The van der Waals surface area contributed by atoms with Gasteiger partial charge in [0, 0.05) is 17.8 Å². The van der Waals surface area contributed by atoms with Crippen LogP contribution in [-0.4, -0.2) is 23.1 Å². The summed E-state index contributed by atoms with van der Waals surface area (Å²) >= 11 is 0. The minimum Gasteiger partial charge on any atom is -0.496 e. The number of methoxy groups -OCH3 is 1. The molecule has 0 radical (unpaired) electrons. The van der Waals surface area contributed by atoms with Crippen LogP contribution in [0, 0.1) is 5.82 Å². The molecule has 3 rings (SSSR count). The molecule has 2 aromatic rings. The van der Waals surface area contributed by atoms with Crippen LogP contribution in [0.2, 0.25) is 0 Å². The highest BCUT2D eigenvalue weighted by atomic mass is 19.1. The molecule has 1 heterocycles. The predicted molar refractivity (Wildman–Crippen MR) is 84.5 cm³/mol. The molecule has 0 bridgehead atoms. The van der Waals surface area contributed by atoms with Crippen LogP contribution in [0.5, 0.6) is 5.75 Å². The maximum Gasteiger partial charge on any atom is 0.223 e. The second kappa shape index (κ2) is 6.73. The van der Waals surface area contributed by atoms with Crippen molar-refractivity contribution in [2.75, 3.05) is 12.4 Å². The highest BCUT2D eigenvalue weighted by Gasteiger charge is 2.15. The van der Waals surface area contributed by atoms with Crippen LogP contribution in [0.3, 0.4) is 0 Å². The van der Waals surface area contributed by atoms with Gasteiger partial charge in [-0.15, -0.1) is 0 Å². The Morgan fingerprint density at radius 2 is 2.00 bits per heavy atom. The molecule has 1 aromatic carbocycles. The molecule has 1 aliphatic rings. The highest BCUT2D eigenvalue weighted by Crippen LogP contribution is 2.30. The molecule has 0 atom stereocenters. The number of hydrogen-bond acceptors (Lipinski definition) is 4. The molecule has 22 heavy (non-hydrogen) atoms. The van der Waals surface area contributed by atoms with Gasteiger partial charge in [0.2, 0.25) is 5.95 Å². The Hall–Kier alpha value is -2.17. The van der Waals surface area contributed by atoms with Gasteiger partial charge in [0.1, 0.15) is 11.6 Å². The molecule has 0 amide bonds. The van der Waals surface area contributed by atoms with Gasteiger partial charge in [-0.3, -0.25) is 0 Å². The molecule has 0 unspecified atom stereocenters. The quantitative estimate of drug-likeness (QED) is 0.926. The van der Waals surface area contributed by atoms with Gasteiger partial charge in [-0.05, 0) is 37.1 Å². The fourth-order valence-electron chi connectivity index (χ4n) is 2.89. The van der Waals surface area contributed by atoms with Gasteiger partial charge in [0.15, 0.2) is 0 Å². The molecule has 1 N–H and O–H groups in total. The summed E-state index contributed by atoms with van der Waals surface area (Å²) in [5.74, 6) is 0.885. The molecule has 0 spiro atoms. The van der Waals surface area contributed by atoms with Gasteiger partial charge in [-0.25, -0.2) is 14.4 Å². The van der Waals surface area contributed by atoms with E-state index in [0.29, 0.717) is 29.0 Å². The first-order chi connectivity index (χ1) is 10.8. The fourth-order valence-corrected chi connectivity index (χ4v) is 2.89. The first-order valence-electron chi connectivity index (χ1n) is 7.70. The van der Waals surface area contributed by atoms with Crippen molar-refractivity contribution in [3.63, 3.8) is 0 Å². The Labute approximate surface area is 129 Å². The van der Waals surface area contributed by atoms with Gasteiger partial charge in [-0.2, -0.15) is 0 Å². The highest BCUT2D eigenvalue weighted by molar-refractivity contribution is 5.67. The van der Waals surface area contributed by atoms with E-state index in [1.165, 1.54) is 31.4 Å². The van der Waals surface area contributed by atoms with E-state index in [1.807, 2.05) is 0 Å². The van der Waals surface area contributed by atoms with E-state index in [9.17, 15) is 4.39 Å². The van der Waals surface area contributed by atoms with E-state index in [2.05, 4.69) is 15.3 Å². The molecule has 5 heteroatoms. The minimum atomic E-state index is -0.309. The number of nitrogens with one attached hydrogen (secondary N) is 1. The first kappa shape index (κ1) is 14.8. The van der Waals surface area contributed by atoms with E-state index >= 15 is 0 Å². The van der Waals surface area contributed by atoms with Crippen molar-refractivity contribution in [3.8, 4) is 17.0 Å². The zero-order chi connectivity index (χ0) is 15.4. The Balaban J connectivity index is 1.86. The predicted octanol–water partition coefficient (Wildman–Crippen LogP) is 4.04. The van der Waals surface area contributed by atoms with Crippen molar-refractivity contribution >= 4 is 5.95 Å². The van der Waals surface area contributed by atoms with Crippen molar-refractivity contribution in [1.29, 1.82) is 0 Å². The van der Waals surface area contributed by atoms with Crippen LogP contribution >= 0.6 is 0 Å². The van der Waals surface area contributed by atoms with E-state index in [4.69, 9.17) is 4.74 Å². The van der Waals surface area contributed by atoms with Gasteiger partial charge >= 0.3 is 0 Å². The number of nitrogens with zero attached hydrogens (tertiary/aromatic N) is 2. The Morgan fingerprint density at radius 1 is 1.18 bits per heavy atom. The lowest BCUT2D eigenvalue weighted by Crippen LogP contribution is -2.23. The summed E-state index contributed by atoms with van der Waals surface area (Å²) < 4.78 is 18.8. The topological polar surface area (TPSA) is 47.0 Å². The second-order valence-electron chi connectivity index (χ2n) is 5.59. The standard InChI is InChI=1S/C17H20FN3O/c1-22-16-8-7-12(18)11-14(16)15-9-10-19-17(21-15)20-13-5-3-2-4-6-13/h7-11,13H,2-6H2,1H3,(H,19,20,21). The summed E-state index contributed by atoms with van der Waals surface area (Å²) in [7, 11) is 1.57. The van der Waals surface area contributed by atoms with Crippen molar-refractivity contribution in [2.45, 2.75) is 38.1 Å². The Kier molecular flexibility index (Phi) is 4.51. The summed E-state index contributed by atoms with van der Waals surface area (Å²) in [5.41, 5.74) is 1.29. The average Bonchev–Trinajstić information content (AvgIpc) is 2.56. The van der Waals surface area contributed by atoms with E-state index in [-0.39, 0.29) is 5.82 Å². The molecule has 0 saturated heterocycles. The first-order valence-corrected chi connectivity index (χ1v) is 7.70. The van der Waals surface area contributed by atoms with E-state index in [1.54, 1.807) is 25.4 Å². The number of anilines is 1. The van der Waals surface area contributed by atoms with Crippen molar-refractivity contribution in [1.82, 2.24) is 9.97 Å². The van der Waals surface area contributed by atoms with Gasteiger partial charge < -0.3 is 10.1 Å². The number of halogens is 1. The van der Waals surface area contributed by atoms with Crippen LogP contribution in [0.15, 0.2) is 30.5 Å². The van der Waals surface area contributed by atoms with Crippen LogP contribution in [0.25, 0.3) is 11.3 Å². The second-order valence-corrected chi connectivity index (χ2v) is 5.59. The molecule has 1 aliphatic carbocycles. The Bertz CT molecular complexity index is 642. The third kappa shape index (κ3) is 3.35. The smallest absolute Gasteiger partial charge is 0.223 e. The normalized spacial score (nSPS) is 15.5. The minimum absolute atomic E-state index is 0.309. The largest absolute Gasteiger partial charge is 0.496 e. The summed E-state index contributed by atoms with van der Waals surface area (Å²) in [6, 6.07) is 6.62. The molecular formula is C17H20FN3O. The molecule has 0 aliphatic heterocycles. The van der Waals surface area contributed by atoms with Crippen LogP contribution in [0.4, 0.5) is 10.3 Å². The van der Waals surface area contributed by atoms with E-state index in [0.717, 1.165) is 12.8 Å². The van der Waals surface area contributed by atoms with Crippen molar-refractivity contribution in [2.24, 2.45) is 0 Å². The van der Waals surface area contributed by atoms with Gasteiger partial charge in [0.05, 0.1) is 12.8 Å². The fraction of sp³-hybridized carbons (Fsp3) is 0.412. The summed E-state index contributed by atoms with van der Waals surface area (Å²) in [6.45, 7) is 0. The number of hydrogen-bond donors (Lipinski definition) is 1. The maximum absolute atomic E-state index is 13.5. The Morgan fingerprint density at radius 3 is 2.77 bits per heavy atom. The summed E-state index contributed by atoms with van der Waals surface area (Å²) in [4.78, 5) is 8.80. The molecule has 1 fully saturated rings. The van der Waals surface area contributed by atoms with Crippen LogP contribution < -0.4 is 10.1 Å². The van der Waals surface area contributed by atoms with Gasteiger partial charge in [0.25, 0.3) is 0 Å². The van der Waals surface area contributed by atoms with Crippen LogP contribution in [-0.2, 0) is 0 Å². The maximum atomic E-state index is 13.5. The molecule has 1 aromatic heterocycles. The third-order valence-electron chi connectivity index (χ3n) is 4.03. The average molecular weight is 301 g/mol. The number of benzene rings is 1. The molecule has 4 nitrogen and oxygen atoms in total. The summed E-state index contributed by atoms with van der Waals surface area (Å²) in [5, 5.41) is 3.39. The van der Waals surface area contributed by atoms with Crippen LogP contribution in [0.1, 0.15) is 32.1 Å². The SMILES string of the molecule is COc1ccc(F)cc1-c1ccnc(NC2CCCCC2)n1. The number of aromatic nitrogens is 2. The summed E-state index contributed by atoms with van der Waals surface area (Å²) in [6.07, 6.45) is 7.79. The zero-order valence-electron chi connectivity index (χ0n) is 12.7. The monoisotopic (exact) mass is 301 g/mol. The lowest BCUT2D eigenvalue weighted by molar-refractivity contribution is 0.415. The van der Waals surface area contributed by atoms with Crippen molar-refractivity contribution < 1.29 is 9.13 Å². The lowest BCUT2D eigenvalue weighted by atomic mass is 9.96. The molecule has 116 valence electrons. The van der Waals surface area contributed by atoms with Crippen molar-refractivity contribution in [3.05, 3.63) is 36.3 Å². The molecule has 1 saturated carbocycles. The lowest BCUT2D eigenvalue weighted by Gasteiger charge is -2.22. The third-order valence-corrected chi connectivity index (χ3v) is 4.03. The number of rotatable bonds is 4. The zero-order valence-corrected chi connectivity index (χ0v) is 12.7. The molecular weight excluding hydrogens is 281 g/mol. The number of ether oxygens (including phenoxy) is 1. The van der Waals surface area contributed by atoms with Gasteiger partial charge in [-0.1, -0.05) is 19.3 Å².